The van der Waals surface area contributed by atoms with Crippen molar-refractivity contribution in [3.05, 3.63) is 103 Å². The smallest absolute Gasteiger partial charge is 0.363 e. The van der Waals surface area contributed by atoms with Gasteiger partial charge in [0, 0.05) is 12.1 Å². The molecule has 0 N–H and O–H groups in total. The lowest BCUT2D eigenvalue weighted by Crippen LogP contribution is -2.06. The van der Waals surface area contributed by atoms with Gasteiger partial charge in [0.1, 0.15) is 12.4 Å². The number of hydrogen-bond donors (Lipinski definition) is 0. The molecular formula is C24H15Cl2FN2O6. The third kappa shape index (κ3) is 5.42. The molecule has 0 aromatic heterocycles. The lowest BCUT2D eigenvalue weighted by atomic mass is 10.1. The van der Waals surface area contributed by atoms with Crippen molar-refractivity contribution in [3.63, 3.8) is 0 Å². The van der Waals surface area contributed by atoms with Crippen LogP contribution in [0.4, 0.5) is 10.1 Å². The Kier molecular flexibility index (Phi) is 6.99. The molecule has 1 aliphatic rings. The third-order valence-electron chi connectivity index (χ3n) is 4.84. The largest absolute Gasteiger partial charge is 0.493 e. The number of non-ortho nitro benzene ring substituents is 1. The van der Waals surface area contributed by atoms with E-state index in [2.05, 4.69) is 4.99 Å². The number of nitro groups is 1. The summed E-state index contributed by atoms with van der Waals surface area (Å²) in [6, 6.07) is 12.8. The monoisotopic (exact) mass is 516 g/mol. The molecule has 0 unspecified atom stereocenters. The maximum Gasteiger partial charge on any atom is 0.363 e. The number of halogens is 3. The molecule has 178 valence electrons. The molecule has 8 nitrogen and oxygen atoms in total. The predicted molar refractivity (Wildman–Crippen MR) is 127 cm³/mol. The average molecular weight is 517 g/mol. The predicted octanol–water partition coefficient (Wildman–Crippen LogP) is 5.97. The van der Waals surface area contributed by atoms with E-state index in [1.165, 1.54) is 43.5 Å². The van der Waals surface area contributed by atoms with Crippen LogP contribution >= 0.6 is 23.2 Å². The number of benzene rings is 3. The summed E-state index contributed by atoms with van der Waals surface area (Å²) >= 11 is 12.5. The molecule has 1 heterocycles. The first-order chi connectivity index (χ1) is 16.7. The zero-order chi connectivity index (χ0) is 25.1. The van der Waals surface area contributed by atoms with Gasteiger partial charge in [-0.2, -0.15) is 0 Å². The molecule has 0 amide bonds. The number of nitrogens with zero attached hydrogens (tertiary/aromatic N) is 2. The SMILES string of the molecule is COc1cc(/C=C2\N=C(c3ccc([N+](=O)[O-])cc3Cl)OC2=O)cc(Cl)c1OCc1cccc(F)c1. The quantitative estimate of drug-likeness (QED) is 0.166. The first kappa shape index (κ1) is 24.2. The molecule has 0 radical (unpaired) electrons. The van der Waals surface area contributed by atoms with Gasteiger partial charge >= 0.3 is 5.97 Å². The molecule has 11 heteroatoms. The van der Waals surface area contributed by atoms with Crippen molar-refractivity contribution in [2.24, 2.45) is 4.99 Å². The van der Waals surface area contributed by atoms with Gasteiger partial charge in [-0.25, -0.2) is 14.2 Å². The number of methoxy groups -OCH3 is 1. The molecule has 0 atom stereocenters. The van der Waals surface area contributed by atoms with Gasteiger partial charge in [-0.15, -0.1) is 0 Å². The number of carbonyl (C=O) groups excluding carboxylic acids is 1. The Morgan fingerprint density at radius 3 is 2.63 bits per heavy atom. The standard InChI is InChI=1S/C24H15Cl2FN2O6/c1-33-21-10-14(8-19(26)22(21)34-12-13-3-2-4-15(27)7-13)9-20-24(30)35-23(28-20)17-6-5-16(29(31)32)11-18(17)25/h2-11H,12H2,1H3/b20-9-. The van der Waals surface area contributed by atoms with Gasteiger partial charge in [0.15, 0.2) is 17.2 Å². The highest BCUT2D eigenvalue weighted by atomic mass is 35.5. The summed E-state index contributed by atoms with van der Waals surface area (Å²) in [6.07, 6.45) is 1.43. The Hall–Kier alpha value is -3.95. The van der Waals surface area contributed by atoms with E-state index in [-0.39, 0.29) is 56.8 Å². The van der Waals surface area contributed by atoms with Crippen LogP contribution in [0.5, 0.6) is 11.5 Å². The van der Waals surface area contributed by atoms with Crippen molar-refractivity contribution in [3.8, 4) is 11.5 Å². The number of rotatable bonds is 7. The van der Waals surface area contributed by atoms with Crippen molar-refractivity contribution in [1.29, 1.82) is 0 Å². The number of carbonyl (C=O) groups is 1. The topological polar surface area (TPSA) is 100 Å². The number of nitro benzene ring substituents is 1. The Balaban J connectivity index is 1.60. The Bertz CT molecular complexity index is 1410. The van der Waals surface area contributed by atoms with Gasteiger partial charge in [0.25, 0.3) is 5.69 Å². The Morgan fingerprint density at radius 2 is 1.94 bits per heavy atom. The first-order valence-electron chi connectivity index (χ1n) is 9.97. The van der Waals surface area contributed by atoms with Gasteiger partial charge in [-0.1, -0.05) is 35.3 Å². The summed E-state index contributed by atoms with van der Waals surface area (Å²) in [5, 5.41) is 11.1. The molecule has 0 fully saturated rings. The van der Waals surface area contributed by atoms with E-state index < -0.39 is 10.9 Å². The molecule has 1 aliphatic heterocycles. The van der Waals surface area contributed by atoms with Crippen LogP contribution in [-0.4, -0.2) is 23.9 Å². The van der Waals surface area contributed by atoms with Gasteiger partial charge in [-0.3, -0.25) is 10.1 Å². The second-order valence-electron chi connectivity index (χ2n) is 7.21. The minimum Gasteiger partial charge on any atom is -0.493 e. The highest BCUT2D eigenvalue weighted by Crippen LogP contribution is 2.38. The van der Waals surface area contributed by atoms with Crippen LogP contribution in [0.3, 0.4) is 0 Å². The maximum absolute atomic E-state index is 13.4. The van der Waals surface area contributed by atoms with Crippen LogP contribution in [0.2, 0.25) is 10.0 Å². The summed E-state index contributed by atoms with van der Waals surface area (Å²) in [6.45, 7) is 0.0598. The van der Waals surface area contributed by atoms with Crippen LogP contribution in [0.25, 0.3) is 6.08 Å². The minimum absolute atomic E-state index is 0.0107. The molecule has 35 heavy (non-hydrogen) atoms. The first-order valence-corrected chi connectivity index (χ1v) is 10.7. The zero-order valence-corrected chi connectivity index (χ0v) is 19.5. The van der Waals surface area contributed by atoms with Crippen LogP contribution in [0.1, 0.15) is 16.7 Å². The fourth-order valence-electron chi connectivity index (χ4n) is 3.22. The lowest BCUT2D eigenvalue weighted by Gasteiger charge is -2.13. The van der Waals surface area contributed by atoms with Crippen molar-refractivity contribution in [1.82, 2.24) is 0 Å². The van der Waals surface area contributed by atoms with Crippen molar-refractivity contribution in [2.75, 3.05) is 7.11 Å². The maximum atomic E-state index is 13.4. The fraction of sp³-hybridized carbons (Fsp3) is 0.0833. The molecule has 3 aromatic carbocycles. The summed E-state index contributed by atoms with van der Waals surface area (Å²) in [5.74, 6) is -0.680. The van der Waals surface area contributed by atoms with Crippen LogP contribution < -0.4 is 9.47 Å². The molecule has 0 aliphatic carbocycles. The molecule has 0 spiro atoms. The van der Waals surface area contributed by atoms with Gasteiger partial charge in [-0.05, 0) is 47.5 Å². The van der Waals surface area contributed by atoms with Crippen LogP contribution in [0.15, 0.2) is 65.3 Å². The van der Waals surface area contributed by atoms with Crippen LogP contribution in [-0.2, 0) is 16.1 Å². The van der Waals surface area contributed by atoms with Gasteiger partial charge < -0.3 is 14.2 Å². The molecule has 0 bridgehead atoms. The van der Waals surface area contributed by atoms with E-state index in [1.807, 2.05) is 0 Å². The minimum atomic E-state index is -0.740. The molecule has 4 rings (SSSR count). The van der Waals surface area contributed by atoms with E-state index in [4.69, 9.17) is 37.4 Å². The number of ether oxygens (including phenoxy) is 3. The summed E-state index contributed by atoms with van der Waals surface area (Å²) in [5.41, 5.74) is 1.05. The average Bonchev–Trinajstić information content (AvgIpc) is 3.17. The zero-order valence-electron chi connectivity index (χ0n) is 18.0. The van der Waals surface area contributed by atoms with Crippen LogP contribution in [0, 0.1) is 15.9 Å². The van der Waals surface area contributed by atoms with Crippen molar-refractivity contribution >= 4 is 46.8 Å². The van der Waals surface area contributed by atoms with E-state index in [0.717, 1.165) is 6.07 Å². The molecule has 0 saturated carbocycles. The Labute approximate surface area is 208 Å². The van der Waals surface area contributed by atoms with Gasteiger partial charge in [0.05, 0.1) is 27.6 Å². The van der Waals surface area contributed by atoms with E-state index in [1.54, 1.807) is 18.2 Å². The second kappa shape index (κ2) is 10.1. The van der Waals surface area contributed by atoms with E-state index in [9.17, 15) is 19.3 Å². The Morgan fingerprint density at radius 1 is 1.14 bits per heavy atom. The summed E-state index contributed by atoms with van der Waals surface area (Å²) in [7, 11) is 1.42. The number of cyclic esters (lactones) is 1. The number of esters is 1. The van der Waals surface area contributed by atoms with E-state index in [0.29, 0.717) is 11.1 Å². The lowest BCUT2D eigenvalue weighted by molar-refractivity contribution is -0.384. The number of hydrogen-bond acceptors (Lipinski definition) is 7. The second-order valence-corrected chi connectivity index (χ2v) is 8.02. The summed E-state index contributed by atoms with van der Waals surface area (Å²) < 4.78 is 29.7. The van der Waals surface area contributed by atoms with Crippen molar-refractivity contribution < 1.29 is 28.3 Å². The van der Waals surface area contributed by atoms with Gasteiger partial charge in [0.2, 0.25) is 5.90 Å². The number of aliphatic imine (C=N–C) groups is 1. The fourth-order valence-corrected chi connectivity index (χ4v) is 3.75. The molecule has 0 saturated heterocycles. The third-order valence-corrected chi connectivity index (χ3v) is 5.44. The molecule has 3 aromatic rings. The van der Waals surface area contributed by atoms with E-state index >= 15 is 0 Å². The normalized spacial score (nSPS) is 14.0. The van der Waals surface area contributed by atoms with Crippen molar-refractivity contribution in [2.45, 2.75) is 6.61 Å². The summed E-state index contributed by atoms with van der Waals surface area (Å²) in [4.78, 5) is 26.8. The molecular weight excluding hydrogens is 502 g/mol. The highest BCUT2D eigenvalue weighted by Gasteiger charge is 2.27. The highest BCUT2D eigenvalue weighted by molar-refractivity contribution is 6.35.